The van der Waals surface area contributed by atoms with Crippen LogP contribution in [0.25, 0.3) is 6.08 Å². The number of nitrogens with two attached hydrogens (primary N) is 1. The lowest BCUT2D eigenvalue weighted by atomic mass is 9.86. The Balaban J connectivity index is 2.05. The van der Waals surface area contributed by atoms with Gasteiger partial charge in [-0.2, -0.15) is 0 Å². The number of nitrogens with zero attached hydrogens (tertiary/aromatic N) is 2. The zero-order valence-corrected chi connectivity index (χ0v) is 10.8. The molecule has 0 unspecified atom stereocenters. The molecule has 1 aromatic heterocycles. The molecule has 0 bridgehead atoms. The monoisotopic (exact) mass is 269 g/mol. The van der Waals surface area contributed by atoms with Gasteiger partial charge in [0.05, 0.1) is 13.3 Å². The van der Waals surface area contributed by atoms with E-state index in [0.717, 1.165) is 0 Å². The lowest BCUT2D eigenvalue weighted by Gasteiger charge is -2.26. The molecule has 4 nitrogen and oxygen atoms in total. The van der Waals surface area contributed by atoms with Gasteiger partial charge < -0.3 is 10.5 Å². The number of methoxy groups -OCH3 is 1. The molecule has 0 spiro atoms. The Bertz CT molecular complexity index is 467. The molecule has 6 heteroatoms. The number of hydrogen-bond acceptors (Lipinski definition) is 4. The van der Waals surface area contributed by atoms with Gasteiger partial charge in [0, 0.05) is 12.8 Å². The van der Waals surface area contributed by atoms with Crippen molar-refractivity contribution in [3.63, 3.8) is 0 Å². The summed E-state index contributed by atoms with van der Waals surface area (Å²) in [7, 11) is 1.52. The van der Waals surface area contributed by atoms with Crippen molar-refractivity contribution in [2.75, 3.05) is 12.8 Å². The molecule has 0 aliphatic heterocycles. The number of anilines is 1. The SMILES string of the molecule is COc1cnc(N)nc1C=CC1CCC(F)(F)CC1. The molecule has 1 fully saturated rings. The van der Waals surface area contributed by atoms with Gasteiger partial charge in [-0.3, -0.25) is 0 Å². The molecule has 2 rings (SSSR count). The summed E-state index contributed by atoms with van der Waals surface area (Å²) in [6.07, 6.45) is 6.05. The van der Waals surface area contributed by atoms with E-state index in [-0.39, 0.29) is 24.7 Å². The Morgan fingerprint density at radius 3 is 2.74 bits per heavy atom. The van der Waals surface area contributed by atoms with Gasteiger partial charge in [-0.05, 0) is 24.8 Å². The highest BCUT2D eigenvalue weighted by molar-refractivity contribution is 5.53. The third-order valence-electron chi connectivity index (χ3n) is 3.31. The molecular weight excluding hydrogens is 252 g/mol. The summed E-state index contributed by atoms with van der Waals surface area (Å²) in [4.78, 5) is 7.90. The second-order valence-electron chi connectivity index (χ2n) is 4.73. The van der Waals surface area contributed by atoms with Crippen LogP contribution in [-0.2, 0) is 0 Å². The summed E-state index contributed by atoms with van der Waals surface area (Å²) in [6.45, 7) is 0. The van der Waals surface area contributed by atoms with Crippen molar-refractivity contribution in [2.45, 2.75) is 31.6 Å². The number of allylic oxidation sites excluding steroid dienone is 1. The maximum absolute atomic E-state index is 13.0. The van der Waals surface area contributed by atoms with Gasteiger partial charge in [-0.15, -0.1) is 0 Å². The van der Waals surface area contributed by atoms with Crippen molar-refractivity contribution >= 4 is 12.0 Å². The zero-order valence-electron chi connectivity index (χ0n) is 10.8. The Morgan fingerprint density at radius 2 is 2.11 bits per heavy atom. The number of nitrogen functional groups attached to an aromatic ring is 1. The van der Waals surface area contributed by atoms with Gasteiger partial charge in [0.15, 0.2) is 5.75 Å². The summed E-state index contributed by atoms with van der Waals surface area (Å²) in [5.74, 6) is -1.66. The van der Waals surface area contributed by atoms with Crippen LogP contribution < -0.4 is 10.5 Å². The van der Waals surface area contributed by atoms with E-state index in [1.807, 2.05) is 6.08 Å². The normalized spacial score (nSPS) is 19.7. The van der Waals surface area contributed by atoms with E-state index >= 15 is 0 Å². The molecule has 0 aromatic carbocycles. The number of hydrogen-bond donors (Lipinski definition) is 1. The lowest BCUT2D eigenvalue weighted by Crippen LogP contribution is -2.23. The maximum atomic E-state index is 13.0. The molecule has 2 N–H and O–H groups in total. The second kappa shape index (κ2) is 5.50. The van der Waals surface area contributed by atoms with Crippen LogP contribution in [0.4, 0.5) is 14.7 Å². The molecular formula is C13H17F2N3O. The Hall–Kier alpha value is -1.72. The van der Waals surface area contributed by atoms with E-state index in [4.69, 9.17) is 10.5 Å². The largest absolute Gasteiger partial charge is 0.493 e. The van der Waals surface area contributed by atoms with Crippen LogP contribution in [0.15, 0.2) is 12.3 Å². The van der Waals surface area contributed by atoms with E-state index in [2.05, 4.69) is 9.97 Å². The summed E-state index contributed by atoms with van der Waals surface area (Å²) >= 11 is 0. The molecule has 0 saturated heterocycles. The fraction of sp³-hybridized carbons (Fsp3) is 0.538. The highest BCUT2D eigenvalue weighted by Crippen LogP contribution is 2.36. The smallest absolute Gasteiger partial charge is 0.248 e. The molecule has 0 amide bonds. The molecule has 19 heavy (non-hydrogen) atoms. The number of halogens is 2. The average molecular weight is 269 g/mol. The molecule has 1 aliphatic rings. The number of aromatic nitrogens is 2. The number of ether oxygens (including phenoxy) is 1. The van der Waals surface area contributed by atoms with Gasteiger partial charge in [-0.1, -0.05) is 6.08 Å². The van der Waals surface area contributed by atoms with Crippen molar-refractivity contribution < 1.29 is 13.5 Å². The second-order valence-corrected chi connectivity index (χ2v) is 4.73. The van der Waals surface area contributed by atoms with Crippen LogP contribution in [0.1, 0.15) is 31.4 Å². The lowest BCUT2D eigenvalue weighted by molar-refractivity contribution is -0.0410. The predicted molar refractivity (Wildman–Crippen MR) is 68.9 cm³/mol. The van der Waals surface area contributed by atoms with Gasteiger partial charge in [-0.25, -0.2) is 18.7 Å². The predicted octanol–water partition coefficient (Wildman–Crippen LogP) is 2.91. The number of alkyl halides is 2. The highest BCUT2D eigenvalue weighted by atomic mass is 19.3. The number of rotatable bonds is 3. The van der Waals surface area contributed by atoms with E-state index in [0.29, 0.717) is 24.3 Å². The third kappa shape index (κ3) is 3.62. The first kappa shape index (κ1) is 13.7. The molecule has 104 valence electrons. The zero-order chi connectivity index (χ0) is 13.9. The molecule has 0 radical (unpaired) electrons. The summed E-state index contributed by atoms with van der Waals surface area (Å²) in [5.41, 5.74) is 6.09. The van der Waals surface area contributed by atoms with Crippen molar-refractivity contribution in [3.8, 4) is 5.75 Å². The van der Waals surface area contributed by atoms with Crippen molar-refractivity contribution in [2.24, 2.45) is 5.92 Å². The van der Waals surface area contributed by atoms with Gasteiger partial charge in [0.25, 0.3) is 0 Å². The van der Waals surface area contributed by atoms with Crippen LogP contribution in [0.2, 0.25) is 0 Å². The van der Waals surface area contributed by atoms with Crippen molar-refractivity contribution in [1.29, 1.82) is 0 Å². The minimum atomic E-state index is -2.50. The van der Waals surface area contributed by atoms with Crippen LogP contribution in [0.3, 0.4) is 0 Å². The van der Waals surface area contributed by atoms with Crippen LogP contribution in [0, 0.1) is 5.92 Å². The van der Waals surface area contributed by atoms with E-state index in [9.17, 15) is 8.78 Å². The Labute approximate surface area is 110 Å². The molecule has 0 atom stereocenters. The van der Waals surface area contributed by atoms with Gasteiger partial charge in [0.1, 0.15) is 5.69 Å². The van der Waals surface area contributed by atoms with Crippen molar-refractivity contribution in [3.05, 3.63) is 18.0 Å². The molecule has 1 heterocycles. The highest BCUT2D eigenvalue weighted by Gasteiger charge is 2.33. The quantitative estimate of drug-likeness (QED) is 0.916. The summed E-state index contributed by atoms with van der Waals surface area (Å²) in [6, 6.07) is 0. The first-order valence-corrected chi connectivity index (χ1v) is 6.23. The van der Waals surface area contributed by atoms with E-state index < -0.39 is 5.92 Å². The summed E-state index contributed by atoms with van der Waals surface area (Å²) < 4.78 is 31.2. The minimum absolute atomic E-state index is 0.0505. The van der Waals surface area contributed by atoms with Crippen LogP contribution in [-0.4, -0.2) is 23.0 Å². The van der Waals surface area contributed by atoms with E-state index in [1.54, 1.807) is 6.08 Å². The summed E-state index contributed by atoms with van der Waals surface area (Å²) in [5, 5.41) is 0. The maximum Gasteiger partial charge on any atom is 0.248 e. The van der Waals surface area contributed by atoms with Gasteiger partial charge >= 0.3 is 0 Å². The Morgan fingerprint density at radius 1 is 1.42 bits per heavy atom. The molecule has 1 saturated carbocycles. The first-order chi connectivity index (χ1) is 9.00. The molecule has 1 aliphatic carbocycles. The van der Waals surface area contributed by atoms with Crippen molar-refractivity contribution in [1.82, 2.24) is 9.97 Å². The topological polar surface area (TPSA) is 61.0 Å². The average Bonchev–Trinajstić information content (AvgIpc) is 2.38. The van der Waals surface area contributed by atoms with E-state index in [1.165, 1.54) is 13.3 Å². The first-order valence-electron chi connectivity index (χ1n) is 6.23. The fourth-order valence-electron chi connectivity index (χ4n) is 2.16. The molecule has 1 aromatic rings. The Kier molecular flexibility index (Phi) is 3.97. The van der Waals surface area contributed by atoms with Gasteiger partial charge in [0.2, 0.25) is 11.9 Å². The standard InChI is InChI=1S/C13H17F2N3O/c1-19-11-8-17-12(16)18-10(11)3-2-9-4-6-13(14,15)7-5-9/h2-3,8-9H,4-7H2,1H3,(H2,16,17,18). The van der Waals surface area contributed by atoms with Crippen LogP contribution >= 0.6 is 0 Å². The third-order valence-corrected chi connectivity index (χ3v) is 3.31. The van der Waals surface area contributed by atoms with Crippen LogP contribution in [0.5, 0.6) is 5.75 Å². The minimum Gasteiger partial charge on any atom is -0.493 e. The fourth-order valence-corrected chi connectivity index (χ4v) is 2.16.